The van der Waals surface area contributed by atoms with Crippen molar-refractivity contribution in [2.75, 3.05) is 7.05 Å². The molecule has 0 spiro atoms. The van der Waals surface area contributed by atoms with Crippen molar-refractivity contribution in [3.8, 4) is 0 Å². The van der Waals surface area contributed by atoms with E-state index in [2.05, 4.69) is 0 Å². The Bertz CT molecular complexity index is 649. The van der Waals surface area contributed by atoms with Crippen LogP contribution in [-0.2, 0) is 11.2 Å². The fraction of sp³-hybridized carbons (Fsp3) is 0.684. The molecule has 1 N–H and O–H groups in total. The molecule has 0 saturated heterocycles. The Morgan fingerprint density at radius 3 is 2.29 bits per heavy atom. The third-order valence-electron chi connectivity index (χ3n) is 6.52. The maximum atomic E-state index is 13.1. The van der Waals surface area contributed by atoms with E-state index in [0.717, 1.165) is 17.4 Å². The Labute approximate surface area is 142 Å². The van der Waals surface area contributed by atoms with Gasteiger partial charge in [0.15, 0.2) is 0 Å². The predicted molar refractivity (Wildman–Crippen MR) is 87.7 cm³/mol. The van der Waals surface area contributed by atoms with Gasteiger partial charge in [0, 0.05) is 18.7 Å². The van der Waals surface area contributed by atoms with E-state index in [4.69, 9.17) is 9.52 Å². The van der Waals surface area contributed by atoms with Crippen LogP contribution in [0.15, 0.2) is 10.7 Å². The van der Waals surface area contributed by atoms with Crippen molar-refractivity contribution in [2.24, 2.45) is 23.7 Å². The summed E-state index contributed by atoms with van der Waals surface area (Å²) in [6.07, 6.45) is 7.65. The first kappa shape index (κ1) is 15.7. The van der Waals surface area contributed by atoms with Gasteiger partial charge < -0.3 is 14.4 Å². The van der Waals surface area contributed by atoms with Gasteiger partial charge in [-0.1, -0.05) is 0 Å². The van der Waals surface area contributed by atoms with E-state index in [1.54, 1.807) is 0 Å². The molecule has 0 radical (unpaired) electrons. The average molecular weight is 331 g/mol. The van der Waals surface area contributed by atoms with Crippen molar-refractivity contribution in [3.63, 3.8) is 0 Å². The molecule has 0 unspecified atom stereocenters. The summed E-state index contributed by atoms with van der Waals surface area (Å²) in [6, 6.07) is 0.303. The summed E-state index contributed by atoms with van der Waals surface area (Å²) in [5, 5.41) is 9.05. The lowest BCUT2D eigenvalue weighted by Crippen LogP contribution is -2.56. The van der Waals surface area contributed by atoms with Crippen molar-refractivity contribution in [1.82, 2.24) is 4.90 Å². The Kier molecular flexibility index (Phi) is 3.70. The van der Waals surface area contributed by atoms with Crippen molar-refractivity contribution >= 4 is 11.9 Å². The number of rotatable bonds is 4. The van der Waals surface area contributed by atoms with Gasteiger partial charge in [0.05, 0.1) is 11.8 Å². The van der Waals surface area contributed by atoms with E-state index >= 15 is 0 Å². The Morgan fingerprint density at radius 2 is 1.75 bits per heavy atom. The maximum Gasteiger partial charge on any atom is 0.311 e. The van der Waals surface area contributed by atoms with Gasteiger partial charge in [0.2, 0.25) is 0 Å². The number of hydrogen-bond donors (Lipinski definition) is 1. The molecule has 130 valence electrons. The lowest BCUT2D eigenvalue weighted by Gasteiger charge is -2.56. The zero-order valence-corrected chi connectivity index (χ0v) is 14.3. The topological polar surface area (TPSA) is 70.7 Å². The van der Waals surface area contributed by atoms with Crippen LogP contribution < -0.4 is 0 Å². The molecule has 1 aromatic heterocycles. The standard InChI is InChI=1S/C19H25NO4/c1-10-9-24-15(8-16(21)22)17(10)19(23)20(2)18-13-4-11-3-12(6-13)7-14(18)5-11/h9,11-14,18H,3-8H2,1-2H3,(H,21,22). The van der Waals surface area contributed by atoms with Crippen LogP contribution in [0, 0.1) is 30.6 Å². The molecule has 0 aromatic carbocycles. The molecule has 1 heterocycles. The van der Waals surface area contributed by atoms with Gasteiger partial charge in [-0.05, 0) is 62.7 Å². The molecule has 4 saturated carbocycles. The Balaban J connectivity index is 1.59. The van der Waals surface area contributed by atoms with Gasteiger partial charge in [-0.3, -0.25) is 9.59 Å². The quantitative estimate of drug-likeness (QED) is 0.920. The summed E-state index contributed by atoms with van der Waals surface area (Å²) in [5.74, 6) is 2.19. The van der Waals surface area contributed by atoms with Crippen molar-refractivity contribution in [2.45, 2.75) is 51.5 Å². The van der Waals surface area contributed by atoms with Crippen LogP contribution in [0.4, 0.5) is 0 Å². The second kappa shape index (κ2) is 5.64. The van der Waals surface area contributed by atoms with Crippen LogP contribution in [0.1, 0.15) is 53.8 Å². The monoisotopic (exact) mass is 331 g/mol. The van der Waals surface area contributed by atoms with Gasteiger partial charge in [0.25, 0.3) is 5.91 Å². The number of hydrogen-bond acceptors (Lipinski definition) is 3. The maximum absolute atomic E-state index is 13.1. The van der Waals surface area contributed by atoms with Gasteiger partial charge in [0.1, 0.15) is 12.2 Å². The third-order valence-corrected chi connectivity index (χ3v) is 6.52. The smallest absolute Gasteiger partial charge is 0.311 e. The molecule has 4 fully saturated rings. The molecule has 5 heteroatoms. The number of aryl methyl sites for hydroxylation is 1. The number of carbonyl (C=O) groups excluding carboxylic acids is 1. The minimum Gasteiger partial charge on any atom is -0.481 e. The first-order chi connectivity index (χ1) is 11.4. The summed E-state index contributed by atoms with van der Waals surface area (Å²) in [4.78, 5) is 26.1. The fourth-order valence-corrected chi connectivity index (χ4v) is 5.89. The Morgan fingerprint density at radius 1 is 1.17 bits per heavy atom. The van der Waals surface area contributed by atoms with Crippen LogP contribution in [0.2, 0.25) is 0 Å². The molecule has 0 aliphatic heterocycles. The average Bonchev–Trinajstić information content (AvgIpc) is 2.85. The van der Waals surface area contributed by atoms with Crippen LogP contribution in [-0.4, -0.2) is 35.0 Å². The largest absolute Gasteiger partial charge is 0.481 e. The molecular weight excluding hydrogens is 306 g/mol. The van der Waals surface area contributed by atoms with E-state index in [1.165, 1.54) is 38.4 Å². The van der Waals surface area contributed by atoms with E-state index in [-0.39, 0.29) is 18.1 Å². The normalized spacial score (nSPS) is 33.7. The Hall–Kier alpha value is -1.78. The highest BCUT2D eigenvalue weighted by atomic mass is 16.4. The molecule has 4 aliphatic rings. The second-order valence-corrected chi connectivity index (χ2v) is 8.12. The number of nitrogens with zero attached hydrogens (tertiary/aromatic N) is 1. The highest BCUT2D eigenvalue weighted by Crippen LogP contribution is 2.55. The van der Waals surface area contributed by atoms with Gasteiger partial charge in [-0.15, -0.1) is 0 Å². The first-order valence-electron chi connectivity index (χ1n) is 9.00. The number of aliphatic carboxylic acids is 1. The highest BCUT2D eigenvalue weighted by Gasteiger charge is 2.50. The SMILES string of the molecule is Cc1coc(CC(=O)O)c1C(=O)N(C)C1C2CC3CC(C2)CC1C3. The molecule has 24 heavy (non-hydrogen) atoms. The highest BCUT2D eigenvalue weighted by molar-refractivity contribution is 5.97. The number of carboxylic acids is 1. The molecule has 1 aromatic rings. The number of furan rings is 1. The zero-order chi connectivity index (χ0) is 17.0. The van der Waals surface area contributed by atoms with Crippen molar-refractivity contribution < 1.29 is 19.1 Å². The minimum absolute atomic E-state index is 0.0741. The molecule has 0 atom stereocenters. The summed E-state index contributed by atoms with van der Waals surface area (Å²) in [5.41, 5.74) is 1.18. The van der Waals surface area contributed by atoms with E-state index < -0.39 is 5.97 Å². The number of carbonyl (C=O) groups is 2. The molecule has 4 aliphatic carbocycles. The van der Waals surface area contributed by atoms with Crippen LogP contribution in [0.5, 0.6) is 0 Å². The van der Waals surface area contributed by atoms with Crippen LogP contribution >= 0.6 is 0 Å². The van der Waals surface area contributed by atoms with Crippen molar-refractivity contribution in [1.29, 1.82) is 0 Å². The predicted octanol–water partition coefficient (Wildman–Crippen LogP) is 3.11. The number of amides is 1. The van der Waals surface area contributed by atoms with Gasteiger partial charge in [-0.2, -0.15) is 0 Å². The fourth-order valence-electron chi connectivity index (χ4n) is 5.89. The lowest BCUT2D eigenvalue weighted by molar-refractivity contribution is -0.136. The molecule has 4 bridgehead atoms. The third kappa shape index (κ3) is 2.45. The second-order valence-electron chi connectivity index (χ2n) is 8.12. The number of carboxylic acid groups (broad SMARTS) is 1. The summed E-state index contributed by atoms with van der Waals surface area (Å²) >= 11 is 0. The van der Waals surface area contributed by atoms with E-state index in [9.17, 15) is 9.59 Å². The molecular formula is C19H25NO4. The minimum atomic E-state index is -0.976. The lowest BCUT2D eigenvalue weighted by atomic mass is 9.54. The molecule has 5 rings (SSSR count). The summed E-state index contributed by atoms with van der Waals surface area (Å²) in [7, 11) is 1.90. The zero-order valence-electron chi connectivity index (χ0n) is 14.3. The molecule has 1 amide bonds. The van der Waals surface area contributed by atoms with Crippen LogP contribution in [0.25, 0.3) is 0 Å². The van der Waals surface area contributed by atoms with Crippen LogP contribution in [0.3, 0.4) is 0 Å². The van der Waals surface area contributed by atoms with Crippen molar-refractivity contribution in [3.05, 3.63) is 23.2 Å². The van der Waals surface area contributed by atoms with Gasteiger partial charge in [-0.25, -0.2) is 0 Å². The van der Waals surface area contributed by atoms with Gasteiger partial charge >= 0.3 is 5.97 Å². The van der Waals surface area contributed by atoms with E-state index in [1.807, 2.05) is 18.9 Å². The molecule has 5 nitrogen and oxygen atoms in total. The summed E-state index contributed by atoms with van der Waals surface area (Å²) in [6.45, 7) is 1.81. The first-order valence-corrected chi connectivity index (χ1v) is 9.00. The van der Waals surface area contributed by atoms with E-state index in [0.29, 0.717) is 23.4 Å². The summed E-state index contributed by atoms with van der Waals surface area (Å²) < 4.78 is 5.35.